The standard InChI is InChI=1S/C15H21N3O2S/c1-3-16-14(17-9-12-6-8-21-10-12)18-11-15(2,19)13-5-4-7-20-13/h4-8,10,19H,3,9,11H2,1-2H3,(H2,16,17,18). The first kappa shape index (κ1) is 15.6. The van der Waals surface area contributed by atoms with Crippen molar-refractivity contribution in [3.63, 3.8) is 0 Å². The van der Waals surface area contributed by atoms with Crippen LogP contribution in [0, 0.1) is 0 Å². The monoisotopic (exact) mass is 307 g/mol. The first-order valence-corrected chi connectivity index (χ1v) is 7.85. The predicted molar refractivity (Wildman–Crippen MR) is 85.4 cm³/mol. The van der Waals surface area contributed by atoms with E-state index in [0.717, 1.165) is 6.54 Å². The fourth-order valence-corrected chi connectivity index (χ4v) is 2.48. The molecule has 0 spiro atoms. The lowest BCUT2D eigenvalue weighted by atomic mass is 10.0. The summed E-state index contributed by atoms with van der Waals surface area (Å²) in [7, 11) is 0. The second-order valence-electron chi connectivity index (χ2n) is 4.93. The van der Waals surface area contributed by atoms with Gasteiger partial charge in [0.05, 0.1) is 19.4 Å². The van der Waals surface area contributed by atoms with Gasteiger partial charge in [-0.05, 0) is 48.4 Å². The zero-order valence-corrected chi connectivity index (χ0v) is 13.1. The van der Waals surface area contributed by atoms with Crippen molar-refractivity contribution in [3.8, 4) is 0 Å². The van der Waals surface area contributed by atoms with E-state index in [1.165, 1.54) is 5.56 Å². The summed E-state index contributed by atoms with van der Waals surface area (Å²) in [4.78, 5) is 4.50. The highest BCUT2D eigenvalue weighted by Crippen LogP contribution is 2.19. The maximum Gasteiger partial charge on any atom is 0.191 e. The van der Waals surface area contributed by atoms with E-state index in [0.29, 0.717) is 24.8 Å². The van der Waals surface area contributed by atoms with Gasteiger partial charge in [-0.1, -0.05) is 0 Å². The van der Waals surface area contributed by atoms with Gasteiger partial charge in [0.1, 0.15) is 11.4 Å². The highest BCUT2D eigenvalue weighted by atomic mass is 32.1. The van der Waals surface area contributed by atoms with E-state index in [1.54, 1.807) is 36.7 Å². The van der Waals surface area contributed by atoms with E-state index >= 15 is 0 Å². The van der Waals surface area contributed by atoms with Crippen LogP contribution >= 0.6 is 11.3 Å². The van der Waals surface area contributed by atoms with E-state index in [4.69, 9.17) is 4.42 Å². The SMILES string of the molecule is CCNC(=NCc1ccsc1)NCC(C)(O)c1ccco1. The van der Waals surface area contributed by atoms with Crippen molar-refractivity contribution in [1.29, 1.82) is 0 Å². The van der Waals surface area contributed by atoms with E-state index in [9.17, 15) is 5.11 Å². The molecule has 0 amide bonds. The normalized spacial score (nSPS) is 14.7. The van der Waals surface area contributed by atoms with Gasteiger partial charge in [-0.25, -0.2) is 4.99 Å². The molecule has 1 atom stereocenters. The minimum Gasteiger partial charge on any atom is -0.466 e. The average Bonchev–Trinajstić information content (AvgIpc) is 3.14. The van der Waals surface area contributed by atoms with Gasteiger partial charge in [0.15, 0.2) is 5.96 Å². The number of hydrogen-bond donors (Lipinski definition) is 3. The molecule has 3 N–H and O–H groups in total. The molecule has 6 heteroatoms. The third-order valence-corrected chi connectivity index (χ3v) is 3.73. The molecule has 0 saturated heterocycles. The van der Waals surface area contributed by atoms with E-state index < -0.39 is 5.60 Å². The summed E-state index contributed by atoms with van der Waals surface area (Å²) in [5.74, 6) is 1.21. The van der Waals surface area contributed by atoms with Gasteiger partial charge in [-0.2, -0.15) is 11.3 Å². The molecule has 0 aromatic carbocycles. The van der Waals surface area contributed by atoms with Crippen LogP contribution < -0.4 is 10.6 Å². The van der Waals surface area contributed by atoms with E-state index in [1.807, 2.05) is 12.3 Å². The van der Waals surface area contributed by atoms with Gasteiger partial charge < -0.3 is 20.2 Å². The second-order valence-corrected chi connectivity index (χ2v) is 5.71. The van der Waals surface area contributed by atoms with Gasteiger partial charge >= 0.3 is 0 Å². The lowest BCUT2D eigenvalue weighted by Gasteiger charge is -2.22. The topological polar surface area (TPSA) is 69.8 Å². The van der Waals surface area contributed by atoms with Crippen molar-refractivity contribution in [2.45, 2.75) is 26.0 Å². The molecule has 2 rings (SSSR count). The van der Waals surface area contributed by atoms with Crippen LogP contribution in [-0.4, -0.2) is 24.2 Å². The first-order chi connectivity index (χ1) is 10.1. The highest BCUT2D eigenvalue weighted by Gasteiger charge is 2.26. The largest absolute Gasteiger partial charge is 0.466 e. The number of hydrogen-bond acceptors (Lipinski definition) is 4. The summed E-state index contributed by atoms with van der Waals surface area (Å²) in [6.07, 6.45) is 1.56. The molecule has 0 radical (unpaired) electrons. The Bertz CT molecular complexity index is 548. The van der Waals surface area contributed by atoms with Gasteiger partial charge in [0.25, 0.3) is 0 Å². The molecule has 0 aliphatic heterocycles. The summed E-state index contributed by atoms with van der Waals surface area (Å²) >= 11 is 1.66. The minimum atomic E-state index is -1.08. The van der Waals surface area contributed by atoms with Crippen LogP contribution in [0.5, 0.6) is 0 Å². The van der Waals surface area contributed by atoms with Gasteiger partial charge in [-0.15, -0.1) is 0 Å². The molecule has 5 nitrogen and oxygen atoms in total. The van der Waals surface area contributed by atoms with E-state index in [-0.39, 0.29) is 0 Å². The molecule has 21 heavy (non-hydrogen) atoms. The number of guanidine groups is 1. The molecule has 0 saturated carbocycles. The lowest BCUT2D eigenvalue weighted by Crippen LogP contribution is -2.44. The average molecular weight is 307 g/mol. The minimum absolute atomic E-state index is 0.315. The number of aliphatic imine (C=N–C) groups is 1. The van der Waals surface area contributed by atoms with Crippen LogP contribution in [0.2, 0.25) is 0 Å². The van der Waals surface area contributed by atoms with Crippen molar-refractivity contribution in [1.82, 2.24) is 10.6 Å². The number of nitrogens with zero attached hydrogens (tertiary/aromatic N) is 1. The Labute approximate surface area is 128 Å². The molecule has 0 aliphatic carbocycles. The Morgan fingerprint density at radius 3 is 2.90 bits per heavy atom. The smallest absolute Gasteiger partial charge is 0.191 e. The molecular weight excluding hydrogens is 286 g/mol. The van der Waals surface area contributed by atoms with Crippen LogP contribution in [0.4, 0.5) is 0 Å². The summed E-state index contributed by atoms with van der Waals surface area (Å²) in [6.45, 7) is 5.41. The number of aliphatic hydroxyl groups is 1. The summed E-state index contributed by atoms with van der Waals surface area (Å²) in [5, 5.41) is 20.8. The quantitative estimate of drug-likeness (QED) is 0.566. The molecule has 1 unspecified atom stereocenters. The molecule has 0 bridgehead atoms. The zero-order valence-electron chi connectivity index (χ0n) is 12.3. The summed E-state index contributed by atoms with van der Waals surface area (Å²) < 4.78 is 5.26. The molecule has 2 aromatic heterocycles. The molecule has 2 aromatic rings. The Morgan fingerprint density at radius 1 is 1.43 bits per heavy atom. The Kier molecular flexibility index (Phi) is 5.41. The zero-order chi connectivity index (χ0) is 15.1. The van der Waals surface area contributed by atoms with Crippen LogP contribution in [0.15, 0.2) is 44.6 Å². The van der Waals surface area contributed by atoms with Crippen molar-refractivity contribution >= 4 is 17.3 Å². The third kappa shape index (κ3) is 4.61. The van der Waals surface area contributed by atoms with Crippen molar-refractivity contribution < 1.29 is 9.52 Å². The number of nitrogens with one attached hydrogen (secondary N) is 2. The second kappa shape index (κ2) is 7.28. The number of rotatable bonds is 6. The summed E-state index contributed by atoms with van der Waals surface area (Å²) in [5.41, 5.74) is 0.0946. The lowest BCUT2D eigenvalue weighted by molar-refractivity contribution is 0.0386. The first-order valence-electron chi connectivity index (χ1n) is 6.91. The van der Waals surface area contributed by atoms with Crippen molar-refractivity contribution in [2.75, 3.05) is 13.1 Å². The van der Waals surface area contributed by atoms with Crippen LogP contribution in [0.1, 0.15) is 25.2 Å². The fourth-order valence-electron chi connectivity index (χ4n) is 1.82. The Morgan fingerprint density at radius 2 is 2.29 bits per heavy atom. The van der Waals surface area contributed by atoms with Crippen molar-refractivity contribution in [3.05, 3.63) is 46.5 Å². The van der Waals surface area contributed by atoms with Gasteiger partial charge in [-0.3, -0.25) is 0 Å². The van der Waals surface area contributed by atoms with Gasteiger partial charge in [0.2, 0.25) is 0 Å². The van der Waals surface area contributed by atoms with Crippen LogP contribution in [0.25, 0.3) is 0 Å². The molecular formula is C15H21N3O2S. The van der Waals surface area contributed by atoms with E-state index in [2.05, 4.69) is 27.1 Å². The molecule has 114 valence electrons. The van der Waals surface area contributed by atoms with Crippen molar-refractivity contribution in [2.24, 2.45) is 4.99 Å². The number of thiophene rings is 1. The van der Waals surface area contributed by atoms with Crippen LogP contribution in [-0.2, 0) is 12.1 Å². The maximum atomic E-state index is 10.4. The molecule has 0 aliphatic rings. The molecule has 0 fully saturated rings. The molecule has 2 heterocycles. The third-order valence-electron chi connectivity index (χ3n) is 3.00. The summed E-state index contributed by atoms with van der Waals surface area (Å²) in [6, 6.07) is 5.58. The maximum absolute atomic E-state index is 10.4. The number of furan rings is 1. The predicted octanol–water partition coefficient (Wildman–Crippen LogP) is 2.30. The Balaban J connectivity index is 1.95. The highest BCUT2D eigenvalue weighted by molar-refractivity contribution is 7.07. The fraction of sp³-hybridized carbons (Fsp3) is 0.400. The van der Waals surface area contributed by atoms with Crippen LogP contribution in [0.3, 0.4) is 0 Å². The van der Waals surface area contributed by atoms with Gasteiger partial charge in [0, 0.05) is 6.54 Å². The Hall–Kier alpha value is -1.79.